The van der Waals surface area contributed by atoms with E-state index in [2.05, 4.69) is 29.0 Å². The van der Waals surface area contributed by atoms with E-state index in [1.807, 2.05) is 5.92 Å². The van der Waals surface area contributed by atoms with Crippen LogP contribution in [0.2, 0.25) is 0 Å². The second-order valence-corrected chi connectivity index (χ2v) is 12.0. The third-order valence-corrected chi connectivity index (χ3v) is 8.84. The summed E-state index contributed by atoms with van der Waals surface area (Å²) in [6.45, 7) is 1.22. The number of hydrogen-bond donors (Lipinski definition) is 7. The van der Waals surface area contributed by atoms with Crippen molar-refractivity contribution in [3.8, 4) is 11.8 Å². The van der Waals surface area contributed by atoms with Crippen molar-refractivity contribution < 1.29 is 65.8 Å². The molecule has 0 aliphatic carbocycles. The fourth-order valence-electron chi connectivity index (χ4n) is 3.59. The summed E-state index contributed by atoms with van der Waals surface area (Å²) in [7, 11) is -17.1. The van der Waals surface area contributed by atoms with Gasteiger partial charge < -0.3 is 44.1 Å². The lowest BCUT2D eigenvalue weighted by atomic mass is 9.92. The first kappa shape index (κ1) is 29.8. The quantitative estimate of drug-likeness (QED) is 0.154. The van der Waals surface area contributed by atoms with E-state index in [-0.39, 0.29) is 16.9 Å². The second kappa shape index (κ2) is 10.4. The SMILES string of the molecule is Cc1nc2c(ccn2[C@@H]2O[C@H]([C@H](C)OP(=O)(O)OP(=O)(O)OP(=O)(O)O)[C@H](O)C2(O)C#CCF)c(=O)[nH]1. The first-order chi connectivity index (χ1) is 16.9. The Kier molecular flexibility index (Phi) is 8.36. The number of aromatic amines is 1. The van der Waals surface area contributed by atoms with Crippen LogP contribution in [0.3, 0.4) is 0 Å². The van der Waals surface area contributed by atoms with Gasteiger partial charge in [0.15, 0.2) is 11.8 Å². The molecule has 7 N–H and O–H groups in total. The zero-order valence-electron chi connectivity index (χ0n) is 18.7. The molecular formula is C16H21FN3O14P3. The largest absolute Gasteiger partial charge is 0.490 e. The minimum atomic E-state index is -5.83. The summed E-state index contributed by atoms with van der Waals surface area (Å²) in [6.07, 6.45) is -6.04. The third-order valence-electron chi connectivity index (χ3n) is 4.91. The molecule has 0 amide bonds. The maximum Gasteiger partial charge on any atom is 0.490 e. The lowest BCUT2D eigenvalue weighted by molar-refractivity contribution is -0.0829. The van der Waals surface area contributed by atoms with Gasteiger partial charge in [0.2, 0.25) is 0 Å². The molecule has 0 radical (unpaired) electrons. The maximum absolute atomic E-state index is 12.8. The molecule has 3 heterocycles. The van der Waals surface area contributed by atoms with Crippen LogP contribution in [0.1, 0.15) is 19.0 Å². The predicted molar refractivity (Wildman–Crippen MR) is 118 cm³/mol. The van der Waals surface area contributed by atoms with Crippen LogP contribution in [0.25, 0.3) is 11.0 Å². The molecule has 37 heavy (non-hydrogen) atoms. The highest BCUT2D eigenvalue weighted by molar-refractivity contribution is 7.66. The number of aryl methyl sites for hydroxylation is 1. The zero-order valence-corrected chi connectivity index (χ0v) is 21.4. The number of rotatable bonds is 8. The molecule has 0 spiro atoms. The zero-order chi connectivity index (χ0) is 28.0. The number of phosphoric acid groups is 3. The highest BCUT2D eigenvalue weighted by Crippen LogP contribution is 2.66. The number of phosphoric ester groups is 1. The Bertz CT molecular complexity index is 1440. The fourth-order valence-corrected chi connectivity index (χ4v) is 6.79. The van der Waals surface area contributed by atoms with Gasteiger partial charge in [0.25, 0.3) is 5.56 Å². The lowest BCUT2D eigenvalue weighted by Gasteiger charge is -2.27. The van der Waals surface area contributed by atoms with E-state index in [9.17, 15) is 42.9 Å². The number of alkyl halides is 1. The Labute approximate surface area is 206 Å². The number of hydrogen-bond acceptors (Lipinski definition) is 11. The maximum atomic E-state index is 12.8. The van der Waals surface area contributed by atoms with Crippen molar-refractivity contribution >= 4 is 34.5 Å². The van der Waals surface area contributed by atoms with Gasteiger partial charge in [-0.3, -0.25) is 9.32 Å². The van der Waals surface area contributed by atoms with E-state index in [0.717, 1.165) is 11.5 Å². The van der Waals surface area contributed by atoms with Gasteiger partial charge in [-0.05, 0) is 19.9 Å². The molecule has 7 atom stereocenters. The number of H-pyrrole nitrogens is 1. The van der Waals surface area contributed by atoms with E-state index >= 15 is 0 Å². The number of aliphatic hydroxyl groups is 2. The smallest absolute Gasteiger partial charge is 0.386 e. The van der Waals surface area contributed by atoms with Crippen molar-refractivity contribution in [3.05, 3.63) is 28.4 Å². The van der Waals surface area contributed by atoms with E-state index in [0.29, 0.717) is 0 Å². The first-order valence-corrected chi connectivity index (χ1v) is 14.4. The Morgan fingerprint density at radius 1 is 1.27 bits per heavy atom. The third kappa shape index (κ3) is 6.62. The van der Waals surface area contributed by atoms with Gasteiger partial charge in [0.05, 0.1) is 11.5 Å². The molecule has 1 fully saturated rings. The fraction of sp³-hybridized carbons (Fsp3) is 0.500. The molecule has 206 valence electrons. The monoisotopic (exact) mass is 591 g/mol. The molecule has 0 saturated carbocycles. The van der Waals surface area contributed by atoms with E-state index in [4.69, 9.17) is 14.5 Å². The molecule has 2 aromatic rings. The Balaban J connectivity index is 1.95. The average Bonchev–Trinajstić information content (AvgIpc) is 3.23. The van der Waals surface area contributed by atoms with Crippen LogP contribution in [0.15, 0.2) is 17.1 Å². The van der Waals surface area contributed by atoms with Crippen LogP contribution in [0.5, 0.6) is 0 Å². The van der Waals surface area contributed by atoms with Crippen molar-refractivity contribution in [2.75, 3.05) is 6.67 Å². The lowest BCUT2D eigenvalue weighted by Crippen LogP contribution is -2.47. The highest BCUT2D eigenvalue weighted by atomic mass is 31.3. The van der Waals surface area contributed by atoms with Gasteiger partial charge >= 0.3 is 23.5 Å². The Morgan fingerprint density at radius 2 is 1.92 bits per heavy atom. The van der Waals surface area contributed by atoms with E-state index < -0.39 is 65.8 Å². The summed E-state index contributed by atoms with van der Waals surface area (Å²) >= 11 is 0. The molecule has 1 aliphatic heterocycles. The molecule has 17 nitrogen and oxygen atoms in total. The molecule has 1 saturated heterocycles. The second-order valence-electron chi connectivity index (χ2n) is 7.67. The number of aromatic nitrogens is 3. The molecule has 3 rings (SSSR count). The van der Waals surface area contributed by atoms with Crippen LogP contribution >= 0.6 is 23.5 Å². The van der Waals surface area contributed by atoms with Gasteiger partial charge in [0.1, 0.15) is 30.4 Å². The normalized spacial score (nSPS) is 28.3. The molecule has 0 aromatic carbocycles. The van der Waals surface area contributed by atoms with Crippen LogP contribution in [0, 0.1) is 18.8 Å². The summed E-state index contributed by atoms with van der Waals surface area (Å²) in [5.41, 5.74) is -3.18. The van der Waals surface area contributed by atoms with Crippen molar-refractivity contribution in [3.63, 3.8) is 0 Å². The molecule has 2 aromatic heterocycles. The number of aliphatic hydroxyl groups excluding tert-OH is 1. The number of nitrogens with one attached hydrogen (secondary N) is 1. The topological polar surface area (TPSA) is 260 Å². The molecule has 1 aliphatic rings. The standard InChI is InChI=1S/C16H21FN3O14P3/c1-8(32-36(27,28)34-37(29,30)33-35(24,25)26)11-12(21)16(23,5-3-6-17)15(31-11)20-7-4-10-13(20)18-9(2)19-14(10)22/h4,7-8,11-12,15,21,23H,6H2,1-2H3,(H,27,28)(H,29,30)(H,18,19,22)(H2,24,25,26)/t8-,11+,12-,15+,16?/m0/s1. The highest BCUT2D eigenvalue weighted by Gasteiger charge is 2.58. The summed E-state index contributed by atoms with van der Waals surface area (Å²) in [6, 6.07) is 1.31. The summed E-state index contributed by atoms with van der Waals surface area (Å²) in [5, 5.41) is 22.1. The number of halogens is 1. The summed E-state index contributed by atoms with van der Waals surface area (Å²) in [5.74, 6) is 4.23. The van der Waals surface area contributed by atoms with Crippen LogP contribution in [0.4, 0.5) is 4.39 Å². The number of ether oxygens (including phenoxy) is 1. The van der Waals surface area contributed by atoms with Gasteiger partial charge in [-0.25, -0.2) is 23.1 Å². The van der Waals surface area contributed by atoms with Crippen molar-refractivity contribution in [2.24, 2.45) is 0 Å². The molecule has 3 unspecified atom stereocenters. The predicted octanol–water partition coefficient (Wildman–Crippen LogP) is -0.273. The van der Waals surface area contributed by atoms with Crippen molar-refractivity contribution in [1.29, 1.82) is 0 Å². The molecular weight excluding hydrogens is 570 g/mol. The van der Waals surface area contributed by atoms with Crippen molar-refractivity contribution in [2.45, 2.75) is 44.0 Å². The molecule has 0 bridgehead atoms. The van der Waals surface area contributed by atoms with Gasteiger partial charge in [-0.15, -0.1) is 0 Å². The number of nitrogens with zero attached hydrogens (tertiary/aromatic N) is 2. The first-order valence-electron chi connectivity index (χ1n) is 9.91. The van der Waals surface area contributed by atoms with Gasteiger partial charge in [-0.2, -0.15) is 8.62 Å². The van der Waals surface area contributed by atoms with E-state index in [1.165, 1.54) is 19.2 Å². The van der Waals surface area contributed by atoms with Crippen LogP contribution in [-0.4, -0.2) is 74.9 Å². The average molecular weight is 591 g/mol. The Hall–Kier alpha value is -1.80. The number of fused-ring (bicyclic) bond motifs is 1. The van der Waals surface area contributed by atoms with Crippen LogP contribution < -0.4 is 5.56 Å². The van der Waals surface area contributed by atoms with Gasteiger partial charge in [0, 0.05) is 6.20 Å². The minimum absolute atomic E-state index is 0.0277. The minimum Gasteiger partial charge on any atom is -0.386 e. The van der Waals surface area contributed by atoms with Gasteiger partial charge in [-0.1, -0.05) is 11.8 Å². The van der Waals surface area contributed by atoms with E-state index in [1.54, 1.807) is 0 Å². The Morgan fingerprint density at radius 3 is 2.51 bits per heavy atom. The van der Waals surface area contributed by atoms with Crippen LogP contribution in [-0.2, 0) is 31.6 Å². The summed E-state index contributed by atoms with van der Waals surface area (Å²) < 4.78 is 66.0. The summed E-state index contributed by atoms with van der Waals surface area (Å²) in [4.78, 5) is 55.2. The molecule has 21 heteroatoms. The van der Waals surface area contributed by atoms with Crippen molar-refractivity contribution in [1.82, 2.24) is 14.5 Å².